The largest absolute Gasteiger partial charge is 0.468 e. The third-order valence-corrected chi connectivity index (χ3v) is 6.95. The van der Waals surface area contributed by atoms with Gasteiger partial charge in [0.2, 0.25) is 26.0 Å². The Bertz CT molecular complexity index is 1310. The van der Waals surface area contributed by atoms with E-state index < -0.39 is 20.0 Å². The summed E-state index contributed by atoms with van der Waals surface area (Å²) in [7, 11) is -7.42. The molecule has 0 aliphatic heterocycles. The Balaban J connectivity index is 1.47. The molecule has 1 heterocycles. The highest BCUT2D eigenvalue weighted by molar-refractivity contribution is 7.89. The molecule has 0 aliphatic rings. The van der Waals surface area contributed by atoms with Crippen molar-refractivity contribution >= 4 is 32.0 Å². The molecule has 0 fully saturated rings. The maximum absolute atomic E-state index is 12.3. The van der Waals surface area contributed by atoms with Gasteiger partial charge < -0.3 is 9.73 Å². The molecule has 1 amide bonds. The molecule has 0 saturated heterocycles. The number of primary sulfonamides is 1. The predicted octanol–water partition coefficient (Wildman–Crippen LogP) is 1.78. The van der Waals surface area contributed by atoms with Crippen molar-refractivity contribution in [1.82, 2.24) is 10.0 Å². The smallest absolute Gasteiger partial charge is 0.244 e. The van der Waals surface area contributed by atoms with Crippen LogP contribution >= 0.6 is 0 Å². The fourth-order valence-corrected chi connectivity index (χ4v) is 4.34. The van der Waals surface area contributed by atoms with Crippen molar-refractivity contribution in [3.8, 4) is 0 Å². The van der Waals surface area contributed by atoms with Gasteiger partial charge in [-0.05, 0) is 60.0 Å². The Morgan fingerprint density at radius 2 is 1.61 bits per heavy atom. The van der Waals surface area contributed by atoms with Gasteiger partial charge in [-0.1, -0.05) is 24.3 Å². The molecule has 3 aromatic rings. The SMILES string of the molecule is NS(=O)(=O)c1ccc(CCNC(=O)/C=C/c2ccc(S(=O)(=O)NCc3ccco3)cc2)cc1. The lowest BCUT2D eigenvalue weighted by Crippen LogP contribution is -2.23. The molecule has 2 aromatic carbocycles. The molecule has 33 heavy (non-hydrogen) atoms. The minimum Gasteiger partial charge on any atom is -0.468 e. The first-order chi connectivity index (χ1) is 15.6. The van der Waals surface area contributed by atoms with Crippen LogP contribution in [0.3, 0.4) is 0 Å². The monoisotopic (exact) mass is 489 g/mol. The third-order valence-electron chi connectivity index (χ3n) is 4.60. The second-order valence-electron chi connectivity index (χ2n) is 7.04. The molecule has 0 saturated carbocycles. The number of sulfonamides is 2. The van der Waals surface area contributed by atoms with E-state index in [2.05, 4.69) is 10.0 Å². The van der Waals surface area contributed by atoms with E-state index in [9.17, 15) is 21.6 Å². The van der Waals surface area contributed by atoms with Crippen molar-refractivity contribution in [2.45, 2.75) is 22.8 Å². The number of furan rings is 1. The van der Waals surface area contributed by atoms with Crippen LogP contribution in [0.25, 0.3) is 6.08 Å². The van der Waals surface area contributed by atoms with Crippen LogP contribution in [0.5, 0.6) is 0 Å². The summed E-state index contributed by atoms with van der Waals surface area (Å²) in [4.78, 5) is 12.1. The lowest BCUT2D eigenvalue weighted by Gasteiger charge is -2.06. The number of carbonyl (C=O) groups is 1. The Morgan fingerprint density at radius 3 is 2.21 bits per heavy atom. The normalized spacial score (nSPS) is 12.2. The Kier molecular flexibility index (Phi) is 7.82. The van der Waals surface area contributed by atoms with E-state index in [1.807, 2.05) is 0 Å². The van der Waals surface area contributed by atoms with Crippen molar-refractivity contribution in [3.63, 3.8) is 0 Å². The highest BCUT2D eigenvalue weighted by atomic mass is 32.2. The summed E-state index contributed by atoms with van der Waals surface area (Å²) in [6.45, 7) is 0.407. The molecule has 0 radical (unpaired) electrons. The van der Waals surface area contributed by atoms with E-state index in [4.69, 9.17) is 9.56 Å². The Morgan fingerprint density at radius 1 is 0.939 bits per heavy atom. The average Bonchev–Trinajstić information content (AvgIpc) is 3.30. The number of carbonyl (C=O) groups excluding carboxylic acids is 1. The predicted molar refractivity (Wildman–Crippen MR) is 123 cm³/mol. The fourth-order valence-electron chi connectivity index (χ4n) is 2.83. The number of hydrogen-bond acceptors (Lipinski definition) is 6. The summed E-state index contributed by atoms with van der Waals surface area (Å²) in [6.07, 6.45) is 4.91. The molecule has 0 aliphatic carbocycles. The minimum atomic E-state index is -3.73. The summed E-state index contributed by atoms with van der Waals surface area (Å²) < 4.78 is 54.7. The maximum atomic E-state index is 12.3. The lowest BCUT2D eigenvalue weighted by atomic mass is 10.1. The summed E-state index contributed by atoms with van der Waals surface area (Å²) in [5.74, 6) is 0.192. The molecule has 4 N–H and O–H groups in total. The molecular weight excluding hydrogens is 466 g/mol. The first-order valence-electron chi connectivity index (χ1n) is 9.83. The van der Waals surface area contributed by atoms with Gasteiger partial charge in [0.25, 0.3) is 0 Å². The average molecular weight is 490 g/mol. The maximum Gasteiger partial charge on any atom is 0.244 e. The van der Waals surface area contributed by atoms with Gasteiger partial charge in [-0.2, -0.15) is 0 Å². The first-order valence-corrected chi connectivity index (χ1v) is 12.9. The van der Waals surface area contributed by atoms with Gasteiger partial charge in [0.05, 0.1) is 22.6 Å². The minimum absolute atomic E-state index is 0.0327. The van der Waals surface area contributed by atoms with Crippen LogP contribution in [-0.2, 0) is 37.8 Å². The van der Waals surface area contributed by atoms with Gasteiger partial charge in [-0.3, -0.25) is 4.79 Å². The molecule has 0 unspecified atom stereocenters. The number of nitrogens with one attached hydrogen (secondary N) is 2. The summed E-state index contributed by atoms with van der Waals surface area (Å²) in [5.41, 5.74) is 1.51. The highest BCUT2D eigenvalue weighted by Gasteiger charge is 2.14. The van der Waals surface area contributed by atoms with Gasteiger partial charge >= 0.3 is 0 Å². The second kappa shape index (κ2) is 10.6. The van der Waals surface area contributed by atoms with Crippen molar-refractivity contribution < 1.29 is 26.0 Å². The van der Waals surface area contributed by atoms with Crippen LogP contribution in [0.1, 0.15) is 16.9 Å². The van der Waals surface area contributed by atoms with Gasteiger partial charge in [0.1, 0.15) is 5.76 Å². The van der Waals surface area contributed by atoms with Crippen LogP contribution in [0.2, 0.25) is 0 Å². The van der Waals surface area contributed by atoms with Crippen LogP contribution in [0.15, 0.2) is 87.2 Å². The molecular formula is C22H23N3O6S2. The van der Waals surface area contributed by atoms with Gasteiger partial charge in [-0.15, -0.1) is 0 Å². The third kappa shape index (κ3) is 7.39. The zero-order chi connectivity index (χ0) is 23.9. The van der Waals surface area contributed by atoms with Crippen LogP contribution < -0.4 is 15.2 Å². The van der Waals surface area contributed by atoms with Crippen molar-refractivity contribution in [3.05, 3.63) is 89.9 Å². The van der Waals surface area contributed by atoms with Crippen molar-refractivity contribution in [1.29, 1.82) is 0 Å². The molecule has 3 rings (SSSR count). The lowest BCUT2D eigenvalue weighted by molar-refractivity contribution is -0.116. The zero-order valence-electron chi connectivity index (χ0n) is 17.5. The fraction of sp³-hybridized carbons (Fsp3) is 0.136. The van der Waals surface area contributed by atoms with E-state index in [0.717, 1.165) is 5.56 Å². The van der Waals surface area contributed by atoms with E-state index in [1.54, 1.807) is 42.5 Å². The number of rotatable bonds is 10. The van der Waals surface area contributed by atoms with Gasteiger partial charge in [0, 0.05) is 12.6 Å². The van der Waals surface area contributed by atoms with Gasteiger partial charge in [0.15, 0.2) is 0 Å². The molecule has 0 spiro atoms. The van der Waals surface area contributed by atoms with E-state index in [1.165, 1.54) is 36.6 Å². The van der Waals surface area contributed by atoms with E-state index >= 15 is 0 Å². The molecule has 9 nitrogen and oxygen atoms in total. The number of benzene rings is 2. The van der Waals surface area contributed by atoms with Gasteiger partial charge in [-0.25, -0.2) is 26.7 Å². The van der Waals surface area contributed by atoms with Crippen molar-refractivity contribution in [2.75, 3.05) is 6.54 Å². The highest BCUT2D eigenvalue weighted by Crippen LogP contribution is 2.13. The second-order valence-corrected chi connectivity index (χ2v) is 10.4. The quantitative estimate of drug-likeness (QED) is 0.370. The van der Waals surface area contributed by atoms with Crippen molar-refractivity contribution in [2.24, 2.45) is 5.14 Å². The molecule has 11 heteroatoms. The summed E-state index contributed by atoms with van der Waals surface area (Å²) in [5, 5.41) is 7.79. The molecule has 174 valence electrons. The Hall–Kier alpha value is -3.25. The zero-order valence-corrected chi connectivity index (χ0v) is 19.1. The van der Waals surface area contributed by atoms with E-state index in [0.29, 0.717) is 24.3 Å². The number of hydrogen-bond donors (Lipinski definition) is 3. The summed E-state index contributed by atoms with van der Waals surface area (Å²) >= 11 is 0. The number of amides is 1. The number of nitrogens with two attached hydrogens (primary N) is 1. The van der Waals surface area contributed by atoms with E-state index in [-0.39, 0.29) is 22.2 Å². The first kappa shape index (κ1) is 24.4. The summed E-state index contributed by atoms with van der Waals surface area (Å²) in [6, 6.07) is 15.6. The molecule has 0 bridgehead atoms. The Labute approximate surface area is 192 Å². The topological polar surface area (TPSA) is 149 Å². The standard InChI is InChI=1S/C22H23N3O6S2/c23-32(27,28)20-8-3-18(4-9-20)13-14-24-22(26)12-7-17-5-10-21(11-6-17)33(29,30)25-16-19-2-1-15-31-19/h1-12,15,25H,13-14,16H2,(H,24,26)(H2,23,27,28)/b12-7+. The van der Waals surface area contributed by atoms with Crippen LogP contribution in [0, 0.1) is 0 Å². The molecule has 0 atom stereocenters. The van der Waals surface area contributed by atoms with Crippen LogP contribution in [-0.4, -0.2) is 29.3 Å². The molecule has 1 aromatic heterocycles. The van der Waals surface area contributed by atoms with Crippen LogP contribution in [0.4, 0.5) is 0 Å².